The van der Waals surface area contributed by atoms with Gasteiger partial charge in [0.15, 0.2) is 17.3 Å². The summed E-state index contributed by atoms with van der Waals surface area (Å²) >= 11 is 1.08. The second-order valence-electron chi connectivity index (χ2n) is 6.22. The van der Waals surface area contributed by atoms with Crippen molar-refractivity contribution in [3.8, 4) is 22.9 Å². The topological polar surface area (TPSA) is 133 Å². The van der Waals surface area contributed by atoms with E-state index in [1.807, 2.05) is 6.07 Å². The molecule has 3 amide bonds. The molecule has 0 fully saturated rings. The minimum atomic E-state index is -0.775. The number of ether oxygens (including phenoxy) is 2. The SMILES string of the molecule is CNC(=O)NC(=O)[C@H](Sc1nnc(-c2ccc(OC)c(OC)c2)n1N)c1ccccc1. The predicted octanol–water partition coefficient (Wildman–Crippen LogP) is 1.97. The second-order valence-corrected chi connectivity index (χ2v) is 7.30. The average Bonchev–Trinajstić information content (AvgIpc) is 3.17. The van der Waals surface area contributed by atoms with E-state index in [0.29, 0.717) is 33.6 Å². The number of nitrogens with two attached hydrogens (primary N) is 1. The third-order valence-electron chi connectivity index (χ3n) is 4.33. The number of nitrogen functional groups attached to an aromatic ring is 1. The first-order chi connectivity index (χ1) is 15.0. The quantitative estimate of drug-likeness (QED) is 0.374. The fraction of sp³-hybridized carbons (Fsp3) is 0.200. The Labute approximate surface area is 183 Å². The molecule has 4 N–H and O–H groups in total. The van der Waals surface area contributed by atoms with E-state index in [2.05, 4.69) is 20.8 Å². The van der Waals surface area contributed by atoms with E-state index in [9.17, 15) is 9.59 Å². The highest BCUT2D eigenvalue weighted by molar-refractivity contribution is 8.00. The molecule has 1 aromatic heterocycles. The van der Waals surface area contributed by atoms with Crippen molar-refractivity contribution in [3.05, 3.63) is 54.1 Å². The van der Waals surface area contributed by atoms with Gasteiger partial charge >= 0.3 is 6.03 Å². The Balaban J connectivity index is 1.92. The second kappa shape index (κ2) is 9.85. The van der Waals surface area contributed by atoms with Crippen LogP contribution in [0.5, 0.6) is 11.5 Å². The van der Waals surface area contributed by atoms with E-state index < -0.39 is 17.2 Å². The highest BCUT2D eigenvalue weighted by atomic mass is 32.2. The Kier molecular flexibility index (Phi) is 6.98. The molecule has 162 valence electrons. The van der Waals surface area contributed by atoms with Gasteiger partial charge in [-0.2, -0.15) is 0 Å². The lowest BCUT2D eigenvalue weighted by Crippen LogP contribution is -2.39. The number of urea groups is 1. The minimum absolute atomic E-state index is 0.297. The van der Waals surface area contributed by atoms with Gasteiger partial charge in [-0.1, -0.05) is 42.1 Å². The molecule has 0 saturated heterocycles. The molecule has 3 aromatic rings. The number of nitrogens with one attached hydrogen (secondary N) is 2. The van der Waals surface area contributed by atoms with Gasteiger partial charge in [-0.05, 0) is 23.8 Å². The molecule has 0 spiro atoms. The Hall–Kier alpha value is -3.73. The van der Waals surface area contributed by atoms with Gasteiger partial charge in [0.1, 0.15) is 5.25 Å². The van der Waals surface area contributed by atoms with Crippen molar-refractivity contribution < 1.29 is 19.1 Å². The van der Waals surface area contributed by atoms with Gasteiger partial charge in [-0.25, -0.2) is 9.47 Å². The van der Waals surface area contributed by atoms with Crippen LogP contribution >= 0.6 is 11.8 Å². The van der Waals surface area contributed by atoms with Gasteiger partial charge in [-0.15, -0.1) is 10.2 Å². The van der Waals surface area contributed by atoms with Crippen molar-refractivity contribution in [1.82, 2.24) is 25.5 Å². The van der Waals surface area contributed by atoms with Crippen LogP contribution in [-0.4, -0.2) is 48.1 Å². The van der Waals surface area contributed by atoms with Crippen LogP contribution in [0.25, 0.3) is 11.4 Å². The molecule has 0 radical (unpaired) electrons. The van der Waals surface area contributed by atoms with Crippen LogP contribution in [-0.2, 0) is 4.79 Å². The number of carbonyl (C=O) groups excluding carboxylic acids is 2. The highest BCUT2D eigenvalue weighted by Gasteiger charge is 2.27. The number of hydrogen-bond acceptors (Lipinski definition) is 8. The number of nitrogens with zero attached hydrogens (tertiary/aromatic N) is 3. The molecular weight excluding hydrogens is 420 g/mol. The van der Waals surface area contributed by atoms with E-state index in [1.165, 1.54) is 18.8 Å². The summed E-state index contributed by atoms with van der Waals surface area (Å²) < 4.78 is 11.9. The molecule has 11 heteroatoms. The van der Waals surface area contributed by atoms with Crippen LogP contribution < -0.4 is 25.9 Å². The van der Waals surface area contributed by atoms with Crippen molar-refractivity contribution >= 4 is 23.7 Å². The van der Waals surface area contributed by atoms with Crippen molar-refractivity contribution in [3.63, 3.8) is 0 Å². The summed E-state index contributed by atoms with van der Waals surface area (Å²) in [5.74, 6) is 7.19. The van der Waals surface area contributed by atoms with Gasteiger partial charge < -0.3 is 20.6 Å². The lowest BCUT2D eigenvalue weighted by Gasteiger charge is -2.15. The lowest BCUT2D eigenvalue weighted by molar-refractivity contribution is -0.119. The number of thioether (sulfide) groups is 1. The van der Waals surface area contributed by atoms with Crippen LogP contribution in [0.1, 0.15) is 10.8 Å². The van der Waals surface area contributed by atoms with E-state index in [1.54, 1.807) is 49.6 Å². The highest BCUT2D eigenvalue weighted by Crippen LogP contribution is 2.36. The summed E-state index contributed by atoms with van der Waals surface area (Å²) in [5, 5.41) is 12.5. The van der Waals surface area contributed by atoms with Gasteiger partial charge in [0.25, 0.3) is 0 Å². The molecule has 0 saturated carbocycles. The molecular formula is C20H22N6O4S. The zero-order valence-corrected chi connectivity index (χ0v) is 18.0. The van der Waals surface area contributed by atoms with Crippen molar-refractivity contribution in [2.75, 3.05) is 27.1 Å². The van der Waals surface area contributed by atoms with Gasteiger partial charge in [-0.3, -0.25) is 10.1 Å². The molecule has 0 bridgehead atoms. The number of benzene rings is 2. The Bertz CT molecular complexity index is 1070. The van der Waals surface area contributed by atoms with E-state index in [-0.39, 0.29) is 0 Å². The monoisotopic (exact) mass is 442 g/mol. The first-order valence-corrected chi connectivity index (χ1v) is 10.0. The summed E-state index contributed by atoms with van der Waals surface area (Å²) in [4.78, 5) is 24.4. The molecule has 10 nitrogen and oxygen atoms in total. The number of hydrogen-bond donors (Lipinski definition) is 3. The maximum absolute atomic E-state index is 12.7. The molecule has 0 aliphatic rings. The maximum atomic E-state index is 12.7. The van der Waals surface area contributed by atoms with E-state index >= 15 is 0 Å². The molecule has 31 heavy (non-hydrogen) atoms. The van der Waals surface area contributed by atoms with Crippen LogP contribution in [0.2, 0.25) is 0 Å². The van der Waals surface area contributed by atoms with Crippen LogP contribution in [0.3, 0.4) is 0 Å². The average molecular weight is 443 g/mol. The standard InChI is InChI=1S/C20H22N6O4S/c1-22-19(28)23-18(27)16(12-7-5-4-6-8-12)31-20-25-24-17(26(20)21)13-9-10-14(29-2)15(11-13)30-3/h4-11,16H,21H2,1-3H3,(H2,22,23,27,28)/t16-/m1/s1. The normalized spacial score (nSPS) is 11.5. The molecule has 0 aliphatic heterocycles. The smallest absolute Gasteiger partial charge is 0.321 e. The number of carbonyl (C=O) groups is 2. The summed E-state index contributed by atoms with van der Waals surface area (Å²) in [6, 6.07) is 13.6. The van der Waals surface area contributed by atoms with Crippen LogP contribution in [0.4, 0.5) is 4.79 Å². The predicted molar refractivity (Wildman–Crippen MR) is 116 cm³/mol. The fourth-order valence-electron chi connectivity index (χ4n) is 2.78. The zero-order chi connectivity index (χ0) is 22.4. The number of aromatic nitrogens is 3. The van der Waals surface area contributed by atoms with Crippen molar-refractivity contribution in [2.24, 2.45) is 0 Å². The number of imide groups is 1. The van der Waals surface area contributed by atoms with Gasteiger partial charge in [0, 0.05) is 12.6 Å². The Morgan fingerprint density at radius 3 is 2.42 bits per heavy atom. The molecule has 1 heterocycles. The molecule has 0 unspecified atom stereocenters. The van der Waals surface area contributed by atoms with Crippen molar-refractivity contribution in [2.45, 2.75) is 10.4 Å². The number of amides is 3. The molecule has 3 rings (SSSR count). The Morgan fingerprint density at radius 1 is 1.06 bits per heavy atom. The molecule has 0 aliphatic carbocycles. The number of rotatable bonds is 7. The summed E-state index contributed by atoms with van der Waals surface area (Å²) in [6.45, 7) is 0. The van der Waals surface area contributed by atoms with Crippen LogP contribution in [0.15, 0.2) is 53.7 Å². The molecule has 1 atom stereocenters. The Morgan fingerprint density at radius 2 is 1.77 bits per heavy atom. The minimum Gasteiger partial charge on any atom is -0.493 e. The third-order valence-corrected chi connectivity index (χ3v) is 5.54. The fourth-order valence-corrected chi connectivity index (χ4v) is 3.73. The lowest BCUT2D eigenvalue weighted by atomic mass is 10.1. The largest absolute Gasteiger partial charge is 0.493 e. The van der Waals surface area contributed by atoms with E-state index in [0.717, 1.165) is 11.8 Å². The third kappa shape index (κ3) is 4.89. The van der Waals surface area contributed by atoms with Gasteiger partial charge in [0.05, 0.1) is 14.2 Å². The summed E-state index contributed by atoms with van der Waals surface area (Å²) in [7, 11) is 4.51. The molecule has 2 aromatic carbocycles. The van der Waals surface area contributed by atoms with Crippen LogP contribution in [0, 0.1) is 0 Å². The van der Waals surface area contributed by atoms with Crippen molar-refractivity contribution in [1.29, 1.82) is 0 Å². The number of methoxy groups -OCH3 is 2. The maximum Gasteiger partial charge on any atom is 0.321 e. The van der Waals surface area contributed by atoms with E-state index in [4.69, 9.17) is 15.3 Å². The summed E-state index contributed by atoms with van der Waals surface area (Å²) in [5.41, 5.74) is 1.34. The van der Waals surface area contributed by atoms with Gasteiger partial charge in [0.2, 0.25) is 11.1 Å². The summed E-state index contributed by atoms with van der Waals surface area (Å²) in [6.07, 6.45) is 0. The zero-order valence-electron chi connectivity index (χ0n) is 17.2. The first-order valence-electron chi connectivity index (χ1n) is 9.15. The first kappa shape index (κ1) is 22.0.